The van der Waals surface area contributed by atoms with Gasteiger partial charge in [0.05, 0.1) is 7.11 Å². The molecule has 6 heteroatoms. The van der Waals surface area contributed by atoms with Gasteiger partial charge in [-0.2, -0.15) is 0 Å². The second kappa shape index (κ2) is 5.48. The Morgan fingerprint density at radius 3 is 2.15 bits per heavy atom. The van der Waals surface area contributed by atoms with Crippen LogP contribution in [0.4, 0.5) is 0 Å². The molecule has 1 aromatic rings. The Kier molecular flexibility index (Phi) is 4.37. The normalized spacial score (nSPS) is 11.1. The van der Waals surface area contributed by atoms with E-state index in [-0.39, 0.29) is 11.5 Å². The van der Waals surface area contributed by atoms with Gasteiger partial charge in [-0.25, -0.2) is 4.79 Å². The van der Waals surface area contributed by atoms with Crippen molar-refractivity contribution in [3.63, 3.8) is 0 Å². The number of carbonyl (C=O) groups excluding carboxylic acids is 3. The zero-order valence-electron chi connectivity index (χ0n) is 12.6. The summed E-state index contributed by atoms with van der Waals surface area (Å²) in [6.07, 6.45) is 0. The summed E-state index contributed by atoms with van der Waals surface area (Å²) in [5.74, 6) is -1.10. The molecule has 1 heterocycles. The second-order valence-electron chi connectivity index (χ2n) is 5.25. The van der Waals surface area contributed by atoms with Crippen molar-refractivity contribution < 1.29 is 19.1 Å². The third kappa shape index (κ3) is 2.89. The predicted molar refractivity (Wildman–Crippen MR) is 73.8 cm³/mol. The third-order valence-corrected chi connectivity index (χ3v) is 3.14. The number of nitrogens with one attached hydrogen (secondary N) is 2. The molecule has 1 rings (SSSR count). The van der Waals surface area contributed by atoms with Crippen molar-refractivity contribution >= 4 is 17.7 Å². The minimum Gasteiger partial charge on any atom is -0.467 e. The molecule has 0 atom stereocenters. The maximum Gasteiger partial charge on any atom is 0.330 e. The first-order valence-electron chi connectivity index (χ1n) is 6.22. The van der Waals surface area contributed by atoms with Gasteiger partial charge in [-0.05, 0) is 40.2 Å². The summed E-state index contributed by atoms with van der Waals surface area (Å²) in [6.45, 7) is 7.97. The van der Waals surface area contributed by atoms with E-state index in [1.165, 1.54) is 14.0 Å². The predicted octanol–water partition coefficient (Wildman–Crippen LogP) is 1.52. The van der Waals surface area contributed by atoms with Crippen LogP contribution in [0.15, 0.2) is 0 Å². The summed E-state index contributed by atoms with van der Waals surface area (Å²) < 4.78 is 4.63. The second-order valence-corrected chi connectivity index (χ2v) is 5.25. The molecule has 110 valence electrons. The number of aromatic nitrogens is 1. The SMILES string of the molecule is COC(=O)C(C)(C)NC(=O)c1[nH]c(C)c(C(C)=O)c1C. The van der Waals surface area contributed by atoms with Crippen LogP contribution in [-0.4, -0.2) is 35.3 Å². The van der Waals surface area contributed by atoms with Crippen LogP contribution in [0, 0.1) is 13.8 Å². The van der Waals surface area contributed by atoms with Crippen molar-refractivity contribution in [3.8, 4) is 0 Å². The van der Waals surface area contributed by atoms with Gasteiger partial charge in [-0.1, -0.05) is 0 Å². The molecule has 0 unspecified atom stereocenters. The van der Waals surface area contributed by atoms with Crippen molar-refractivity contribution in [1.82, 2.24) is 10.3 Å². The highest BCUT2D eigenvalue weighted by Gasteiger charge is 2.32. The van der Waals surface area contributed by atoms with Crippen LogP contribution < -0.4 is 5.32 Å². The van der Waals surface area contributed by atoms with E-state index >= 15 is 0 Å². The number of methoxy groups -OCH3 is 1. The summed E-state index contributed by atoms with van der Waals surface area (Å²) in [7, 11) is 1.26. The molecule has 6 nitrogen and oxygen atoms in total. The highest BCUT2D eigenvalue weighted by Crippen LogP contribution is 2.19. The van der Waals surface area contributed by atoms with Gasteiger partial charge in [0.25, 0.3) is 5.91 Å². The number of carbonyl (C=O) groups is 3. The van der Waals surface area contributed by atoms with E-state index < -0.39 is 17.4 Å². The number of rotatable bonds is 4. The van der Waals surface area contributed by atoms with Gasteiger partial charge in [-0.3, -0.25) is 9.59 Å². The van der Waals surface area contributed by atoms with Gasteiger partial charge in [0.15, 0.2) is 5.78 Å². The highest BCUT2D eigenvalue weighted by atomic mass is 16.5. The van der Waals surface area contributed by atoms with Crippen molar-refractivity contribution in [3.05, 3.63) is 22.5 Å². The highest BCUT2D eigenvalue weighted by molar-refractivity contribution is 6.03. The molecule has 1 aromatic heterocycles. The van der Waals surface area contributed by atoms with Crippen molar-refractivity contribution in [2.75, 3.05) is 7.11 Å². The number of esters is 1. The van der Waals surface area contributed by atoms with E-state index in [0.29, 0.717) is 16.8 Å². The van der Waals surface area contributed by atoms with Crippen molar-refractivity contribution in [2.24, 2.45) is 0 Å². The van der Waals surface area contributed by atoms with E-state index in [0.717, 1.165) is 0 Å². The summed E-state index contributed by atoms with van der Waals surface area (Å²) in [5.41, 5.74) is 0.855. The molecule has 0 saturated heterocycles. The third-order valence-electron chi connectivity index (χ3n) is 3.14. The number of ether oxygens (including phenoxy) is 1. The lowest BCUT2D eigenvalue weighted by atomic mass is 10.0. The van der Waals surface area contributed by atoms with E-state index in [9.17, 15) is 14.4 Å². The molecular formula is C14H20N2O4. The first-order chi connectivity index (χ1) is 9.11. The smallest absolute Gasteiger partial charge is 0.330 e. The molecule has 0 aliphatic heterocycles. The number of ketones is 1. The molecule has 1 amide bonds. The molecule has 0 spiro atoms. The number of hydrogen-bond acceptors (Lipinski definition) is 4. The van der Waals surface area contributed by atoms with Crippen LogP contribution in [0.2, 0.25) is 0 Å². The number of amides is 1. The van der Waals surface area contributed by atoms with Gasteiger partial charge in [-0.15, -0.1) is 0 Å². The maximum absolute atomic E-state index is 12.2. The van der Waals surface area contributed by atoms with Gasteiger partial charge in [0, 0.05) is 11.3 Å². The zero-order valence-corrected chi connectivity index (χ0v) is 12.6. The van der Waals surface area contributed by atoms with Gasteiger partial charge in [0.2, 0.25) is 0 Å². The standard InChI is InChI=1S/C14H20N2O4/c1-7-10(9(3)17)8(2)15-11(7)12(18)16-14(4,5)13(19)20-6/h15H,1-6H3,(H,16,18). The maximum atomic E-state index is 12.2. The first-order valence-corrected chi connectivity index (χ1v) is 6.22. The summed E-state index contributed by atoms with van der Waals surface area (Å²) >= 11 is 0. The van der Waals surface area contributed by atoms with Crippen LogP contribution in [-0.2, 0) is 9.53 Å². The number of aromatic amines is 1. The molecule has 20 heavy (non-hydrogen) atoms. The number of H-pyrrole nitrogens is 1. The molecule has 0 aliphatic carbocycles. The topological polar surface area (TPSA) is 88.3 Å². The fraction of sp³-hybridized carbons (Fsp3) is 0.500. The number of Topliss-reactive ketones (excluding diaryl/α,β-unsaturated/α-hetero) is 1. The van der Waals surface area contributed by atoms with E-state index in [1.54, 1.807) is 27.7 Å². The molecule has 0 aliphatic rings. The summed E-state index contributed by atoms with van der Waals surface area (Å²) in [6, 6.07) is 0. The average molecular weight is 280 g/mol. The van der Waals surface area contributed by atoms with Crippen molar-refractivity contribution in [2.45, 2.75) is 40.2 Å². The molecular weight excluding hydrogens is 260 g/mol. The number of aryl methyl sites for hydroxylation is 1. The average Bonchev–Trinajstić information content (AvgIpc) is 2.63. The molecule has 2 N–H and O–H groups in total. The van der Waals surface area contributed by atoms with E-state index in [1.807, 2.05) is 0 Å². The Morgan fingerprint density at radius 2 is 1.75 bits per heavy atom. The monoisotopic (exact) mass is 280 g/mol. The van der Waals surface area contributed by atoms with Crippen LogP contribution in [0.1, 0.15) is 52.9 Å². The Labute approximate surface area is 117 Å². The summed E-state index contributed by atoms with van der Waals surface area (Å²) in [5, 5.41) is 2.59. The van der Waals surface area contributed by atoms with Gasteiger partial charge < -0.3 is 15.0 Å². The van der Waals surface area contributed by atoms with E-state index in [4.69, 9.17) is 0 Å². The minimum absolute atomic E-state index is 0.109. The molecule has 0 radical (unpaired) electrons. The fourth-order valence-corrected chi connectivity index (χ4v) is 2.16. The Morgan fingerprint density at radius 1 is 1.20 bits per heavy atom. The summed E-state index contributed by atoms with van der Waals surface area (Å²) in [4.78, 5) is 38.2. The Balaban J connectivity index is 3.09. The number of hydrogen-bond donors (Lipinski definition) is 2. The molecule has 0 saturated carbocycles. The van der Waals surface area contributed by atoms with Crippen molar-refractivity contribution in [1.29, 1.82) is 0 Å². The Bertz CT molecular complexity index is 570. The molecule has 0 fully saturated rings. The quantitative estimate of drug-likeness (QED) is 0.646. The molecule has 0 bridgehead atoms. The lowest BCUT2D eigenvalue weighted by Crippen LogP contribution is -2.50. The van der Waals surface area contributed by atoms with Gasteiger partial charge >= 0.3 is 5.97 Å². The van der Waals surface area contributed by atoms with Gasteiger partial charge in [0.1, 0.15) is 11.2 Å². The van der Waals surface area contributed by atoms with Crippen LogP contribution in [0.3, 0.4) is 0 Å². The zero-order chi connectivity index (χ0) is 15.7. The van der Waals surface area contributed by atoms with Crippen LogP contribution in [0.25, 0.3) is 0 Å². The molecule has 0 aromatic carbocycles. The lowest BCUT2D eigenvalue weighted by molar-refractivity contribution is -0.146. The largest absolute Gasteiger partial charge is 0.467 e. The van der Waals surface area contributed by atoms with Crippen LogP contribution >= 0.6 is 0 Å². The fourth-order valence-electron chi connectivity index (χ4n) is 2.16. The van der Waals surface area contributed by atoms with E-state index in [2.05, 4.69) is 15.0 Å². The minimum atomic E-state index is -1.15. The Hall–Kier alpha value is -2.11. The lowest BCUT2D eigenvalue weighted by Gasteiger charge is -2.22. The van der Waals surface area contributed by atoms with Crippen LogP contribution in [0.5, 0.6) is 0 Å². The first kappa shape index (κ1) is 15.9.